The topological polar surface area (TPSA) is 58.2 Å². The minimum atomic E-state index is -0.765. The van der Waals surface area contributed by atoms with Gasteiger partial charge in [0, 0.05) is 17.5 Å². The first-order valence-corrected chi connectivity index (χ1v) is 8.84. The van der Waals surface area contributed by atoms with Crippen LogP contribution >= 0.6 is 0 Å². The Labute approximate surface area is 170 Å². The van der Waals surface area contributed by atoms with Gasteiger partial charge in [-0.2, -0.15) is 0 Å². The molecule has 0 spiro atoms. The minimum Gasteiger partial charge on any atom is -0.326 e. The molecule has 2 rings (SSSR count). The van der Waals surface area contributed by atoms with Gasteiger partial charge in [-0.25, -0.2) is 13.2 Å². The summed E-state index contributed by atoms with van der Waals surface area (Å²) >= 11 is 0. The highest BCUT2D eigenvalue weighted by Gasteiger charge is 2.13. The lowest BCUT2D eigenvalue weighted by Crippen LogP contribution is -2.19. The molecular weight excluding hydrogens is 381 g/mol. The van der Waals surface area contributed by atoms with Crippen LogP contribution in [0.3, 0.4) is 0 Å². The Kier molecular flexibility index (Phi) is 10.7. The van der Waals surface area contributed by atoms with E-state index in [1.54, 1.807) is 46.8 Å². The Morgan fingerprint density at radius 3 is 1.72 bits per heavy atom. The van der Waals surface area contributed by atoms with Crippen LogP contribution in [0.25, 0.3) is 0 Å². The lowest BCUT2D eigenvalue weighted by Gasteiger charge is -2.08. The Bertz CT molecular complexity index is 817. The van der Waals surface area contributed by atoms with Gasteiger partial charge in [-0.15, -0.1) is 0 Å². The molecule has 0 aliphatic carbocycles. The third kappa shape index (κ3) is 8.37. The van der Waals surface area contributed by atoms with Gasteiger partial charge >= 0.3 is 0 Å². The number of benzene rings is 2. The van der Waals surface area contributed by atoms with Crippen molar-refractivity contribution in [2.45, 2.75) is 42.0 Å². The van der Waals surface area contributed by atoms with Gasteiger partial charge in [-0.05, 0) is 36.8 Å². The predicted octanol–water partition coefficient (Wildman–Crippen LogP) is 5.92. The van der Waals surface area contributed by atoms with Gasteiger partial charge in [0.15, 0.2) is 0 Å². The van der Waals surface area contributed by atoms with Crippen LogP contribution in [0.5, 0.6) is 0 Å². The molecule has 0 unspecified atom stereocenters. The van der Waals surface area contributed by atoms with E-state index < -0.39 is 17.5 Å². The van der Waals surface area contributed by atoms with Crippen LogP contribution < -0.4 is 10.6 Å². The zero-order valence-electron chi connectivity index (χ0n) is 16.6. The van der Waals surface area contributed by atoms with Gasteiger partial charge in [-0.3, -0.25) is 9.59 Å². The van der Waals surface area contributed by atoms with Crippen LogP contribution in [0.15, 0.2) is 36.4 Å². The van der Waals surface area contributed by atoms with Gasteiger partial charge in [0.1, 0.15) is 23.1 Å². The number of hydrogen-bond acceptors (Lipinski definition) is 2. The maximum absolute atomic E-state index is 13.1. The van der Waals surface area contributed by atoms with Crippen LogP contribution in [0.2, 0.25) is 0 Å². The van der Waals surface area contributed by atoms with Crippen molar-refractivity contribution in [1.82, 2.24) is 0 Å². The summed E-state index contributed by atoms with van der Waals surface area (Å²) in [7, 11) is 0. The number of aryl methyl sites for hydroxylation is 1. The average Bonchev–Trinajstić information content (AvgIpc) is 2.61. The number of anilines is 2. The molecule has 2 N–H and O–H groups in total. The largest absolute Gasteiger partial charge is 0.326 e. The molecule has 0 aromatic heterocycles. The standard InChI is InChI=1S/C11H14FNO.C10H11F2NO.CH4/c1-7(2)11(14)13-9-5-4-8(3)10(12)6-9;1-6(2)10(14)13-9-7(11)4-3-5-8(9)12;/h4-7H,1-3H3,(H,13,14);3-6H,1-2H3,(H,13,14);1H4. The second-order valence-electron chi connectivity index (χ2n) is 6.85. The summed E-state index contributed by atoms with van der Waals surface area (Å²) in [5.41, 5.74) is 0.700. The van der Waals surface area contributed by atoms with E-state index in [4.69, 9.17) is 0 Å². The van der Waals surface area contributed by atoms with Gasteiger partial charge < -0.3 is 10.6 Å². The van der Waals surface area contributed by atoms with E-state index in [0.717, 1.165) is 12.1 Å². The number of hydrogen-bond donors (Lipinski definition) is 2. The monoisotopic (exact) mass is 410 g/mol. The second kappa shape index (κ2) is 11.9. The van der Waals surface area contributed by atoms with Gasteiger partial charge in [0.2, 0.25) is 11.8 Å². The number of carbonyl (C=O) groups is 2. The predicted molar refractivity (Wildman–Crippen MR) is 111 cm³/mol. The molecule has 0 bridgehead atoms. The van der Waals surface area contributed by atoms with Gasteiger partial charge in [0.25, 0.3) is 0 Å². The Morgan fingerprint density at radius 2 is 1.28 bits per heavy atom. The molecule has 0 radical (unpaired) electrons. The fraction of sp³-hybridized carbons (Fsp3) is 0.364. The van der Waals surface area contributed by atoms with Crippen LogP contribution in [-0.2, 0) is 9.59 Å². The highest BCUT2D eigenvalue weighted by Crippen LogP contribution is 2.18. The van der Waals surface area contributed by atoms with Crippen molar-refractivity contribution >= 4 is 23.2 Å². The normalized spacial score (nSPS) is 10.0. The van der Waals surface area contributed by atoms with E-state index in [-0.39, 0.29) is 36.7 Å². The fourth-order valence-corrected chi connectivity index (χ4v) is 1.84. The van der Waals surface area contributed by atoms with Crippen LogP contribution in [0.4, 0.5) is 24.5 Å². The van der Waals surface area contributed by atoms with Gasteiger partial charge in [0.05, 0.1) is 0 Å². The molecule has 0 saturated heterocycles. The van der Waals surface area contributed by atoms with Crippen LogP contribution in [0.1, 0.15) is 40.7 Å². The Morgan fingerprint density at radius 1 is 0.793 bits per heavy atom. The van der Waals surface area contributed by atoms with Crippen molar-refractivity contribution in [3.63, 3.8) is 0 Å². The Balaban J connectivity index is 0.000000523. The number of amides is 2. The number of nitrogens with one attached hydrogen (secondary N) is 2. The molecule has 0 fully saturated rings. The minimum absolute atomic E-state index is 0. The third-order valence-electron chi connectivity index (χ3n) is 3.70. The van der Waals surface area contributed by atoms with E-state index in [1.807, 2.05) is 0 Å². The number of halogens is 3. The van der Waals surface area contributed by atoms with E-state index in [2.05, 4.69) is 10.6 Å². The molecule has 160 valence electrons. The molecule has 0 atom stereocenters. The SMILES string of the molecule is C.CC(C)C(=O)Nc1c(F)cccc1F.Cc1ccc(NC(=O)C(C)C)cc1F. The zero-order chi connectivity index (χ0) is 21.4. The molecule has 2 aromatic rings. The smallest absolute Gasteiger partial charge is 0.227 e. The second-order valence-corrected chi connectivity index (χ2v) is 6.85. The fourth-order valence-electron chi connectivity index (χ4n) is 1.84. The highest BCUT2D eigenvalue weighted by atomic mass is 19.1. The van der Waals surface area contributed by atoms with Crippen molar-refractivity contribution < 1.29 is 22.8 Å². The molecular formula is C22H29F3N2O2. The van der Waals surface area contributed by atoms with Crippen molar-refractivity contribution in [2.75, 3.05) is 10.6 Å². The van der Waals surface area contributed by atoms with Crippen LogP contribution in [-0.4, -0.2) is 11.8 Å². The first-order chi connectivity index (χ1) is 13.0. The molecule has 2 aromatic carbocycles. The average molecular weight is 410 g/mol. The zero-order valence-corrected chi connectivity index (χ0v) is 16.6. The Hall–Kier alpha value is -2.83. The molecule has 0 aliphatic heterocycles. The maximum Gasteiger partial charge on any atom is 0.227 e. The summed E-state index contributed by atoms with van der Waals surface area (Å²) < 4.78 is 39.1. The van der Waals surface area contributed by atoms with Crippen molar-refractivity contribution in [3.8, 4) is 0 Å². The molecule has 7 heteroatoms. The first kappa shape index (κ1) is 26.2. The quantitative estimate of drug-likeness (QED) is 0.657. The molecule has 0 saturated carbocycles. The van der Waals surface area contributed by atoms with E-state index in [1.165, 1.54) is 12.1 Å². The highest BCUT2D eigenvalue weighted by molar-refractivity contribution is 5.92. The summed E-state index contributed by atoms with van der Waals surface area (Å²) in [6, 6.07) is 8.10. The van der Waals surface area contributed by atoms with Crippen molar-refractivity contribution in [2.24, 2.45) is 11.8 Å². The molecule has 0 aliphatic rings. The summed E-state index contributed by atoms with van der Waals surface area (Å²) in [5, 5.41) is 4.82. The van der Waals surface area contributed by atoms with Gasteiger partial charge in [-0.1, -0.05) is 47.3 Å². The van der Waals surface area contributed by atoms with Crippen molar-refractivity contribution in [1.29, 1.82) is 0 Å². The molecule has 2 amide bonds. The summed E-state index contributed by atoms with van der Waals surface area (Å²) in [6.45, 7) is 8.56. The lowest BCUT2D eigenvalue weighted by molar-refractivity contribution is -0.119. The summed E-state index contributed by atoms with van der Waals surface area (Å²) in [5.74, 6) is -2.75. The van der Waals surface area contributed by atoms with E-state index in [9.17, 15) is 22.8 Å². The molecule has 29 heavy (non-hydrogen) atoms. The third-order valence-corrected chi connectivity index (χ3v) is 3.70. The van der Waals surface area contributed by atoms with Crippen molar-refractivity contribution in [3.05, 3.63) is 59.4 Å². The van der Waals surface area contributed by atoms with Crippen LogP contribution in [0, 0.1) is 36.2 Å². The molecule has 0 heterocycles. The number of para-hydroxylation sites is 1. The van der Waals surface area contributed by atoms with E-state index in [0.29, 0.717) is 11.3 Å². The lowest BCUT2D eigenvalue weighted by atomic mass is 10.2. The maximum atomic E-state index is 13.1. The first-order valence-electron chi connectivity index (χ1n) is 8.84. The number of rotatable bonds is 4. The molecule has 4 nitrogen and oxygen atoms in total. The summed E-state index contributed by atoms with van der Waals surface area (Å²) in [4.78, 5) is 22.4. The number of carbonyl (C=O) groups excluding carboxylic acids is 2. The van der Waals surface area contributed by atoms with E-state index >= 15 is 0 Å². The summed E-state index contributed by atoms with van der Waals surface area (Å²) in [6.07, 6.45) is 0.